The first-order valence-corrected chi connectivity index (χ1v) is 7.46. The summed E-state index contributed by atoms with van der Waals surface area (Å²) in [6, 6.07) is 6.17. The molecule has 1 aliphatic heterocycles. The summed E-state index contributed by atoms with van der Waals surface area (Å²) in [5.41, 5.74) is 7.92. The summed E-state index contributed by atoms with van der Waals surface area (Å²) in [4.78, 5) is 14.3. The highest BCUT2D eigenvalue weighted by Crippen LogP contribution is 2.27. The van der Waals surface area contributed by atoms with Crippen molar-refractivity contribution in [1.29, 1.82) is 0 Å². The number of ether oxygens (including phenoxy) is 1. The highest BCUT2D eigenvalue weighted by atomic mass is 16.5. The third-order valence-electron chi connectivity index (χ3n) is 3.92. The summed E-state index contributed by atoms with van der Waals surface area (Å²) in [6.45, 7) is 5.44. The number of carbonyl (C=O) groups is 1. The van der Waals surface area contributed by atoms with Gasteiger partial charge in [-0.2, -0.15) is 0 Å². The van der Waals surface area contributed by atoms with Crippen LogP contribution in [0.4, 0.5) is 11.4 Å². The standard InChI is InChI=1S/C16H24N2O2/c1-3-20-16(19)14-11-13(8-9-15(14)17)18-10-6-4-5-7-12(18)2/h8-9,11-12H,3-7,10,17H2,1-2H3. The van der Waals surface area contributed by atoms with Gasteiger partial charge in [-0.15, -0.1) is 0 Å². The molecule has 1 aromatic carbocycles. The first-order valence-electron chi connectivity index (χ1n) is 7.46. The van der Waals surface area contributed by atoms with Gasteiger partial charge in [0.05, 0.1) is 12.2 Å². The number of benzene rings is 1. The van der Waals surface area contributed by atoms with Crippen LogP contribution in [0.3, 0.4) is 0 Å². The second-order valence-electron chi connectivity index (χ2n) is 5.38. The molecule has 0 aliphatic carbocycles. The van der Waals surface area contributed by atoms with E-state index >= 15 is 0 Å². The zero-order chi connectivity index (χ0) is 14.5. The van der Waals surface area contributed by atoms with Crippen molar-refractivity contribution in [3.63, 3.8) is 0 Å². The number of rotatable bonds is 3. The van der Waals surface area contributed by atoms with E-state index < -0.39 is 0 Å². The fourth-order valence-electron chi connectivity index (χ4n) is 2.77. The van der Waals surface area contributed by atoms with Crippen LogP contribution in [0, 0.1) is 0 Å². The van der Waals surface area contributed by atoms with Crippen molar-refractivity contribution >= 4 is 17.3 Å². The fourth-order valence-corrected chi connectivity index (χ4v) is 2.77. The molecule has 0 radical (unpaired) electrons. The third-order valence-corrected chi connectivity index (χ3v) is 3.92. The van der Waals surface area contributed by atoms with Crippen LogP contribution in [0.15, 0.2) is 18.2 Å². The van der Waals surface area contributed by atoms with Gasteiger partial charge >= 0.3 is 5.97 Å². The number of nitrogens with zero attached hydrogens (tertiary/aromatic N) is 1. The van der Waals surface area contributed by atoms with E-state index in [9.17, 15) is 4.79 Å². The quantitative estimate of drug-likeness (QED) is 0.680. The number of anilines is 2. The van der Waals surface area contributed by atoms with E-state index in [1.807, 2.05) is 12.1 Å². The van der Waals surface area contributed by atoms with Gasteiger partial charge in [0.25, 0.3) is 0 Å². The Bertz CT molecular complexity index is 474. The Morgan fingerprint density at radius 2 is 2.20 bits per heavy atom. The minimum Gasteiger partial charge on any atom is -0.462 e. The lowest BCUT2D eigenvalue weighted by molar-refractivity contribution is 0.0527. The van der Waals surface area contributed by atoms with Gasteiger partial charge in [0.15, 0.2) is 0 Å². The lowest BCUT2D eigenvalue weighted by atomic mass is 10.1. The molecular formula is C16H24N2O2. The van der Waals surface area contributed by atoms with Crippen molar-refractivity contribution < 1.29 is 9.53 Å². The third kappa shape index (κ3) is 3.24. The molecule has 2 N–H and O–H groups in total. The van der Waals surface area contributed by atoms with Gasteiger partial charge < -0.3 is 15.4 Å². The van der Waals surface area contributed by atoms with Crippen LogP contribution < -0.4 is 10.6 Å². The van der Waals surface area contributed by atoms with Crippen molar-refractivity contribution in [3.8, 4) is 0 Å². The highest BCUT2D eigenvalue weighted by Gasteiger charge is 2.19. The van der Waals surface area contributed by atoms with Crippen LogP contribution in [0.25, 0.3) is 0 Å². The van der Waals surface area contributed by atoms with Gasteiger partial charge in [0, 0.05) is 24.0 Å². The highest BCUT2D eigenvalue weighted by molar-refractivity contribution is 5.96. The van der Waals surface area contributed by atoms with E-state index in [0.717, 1.165) is 12.2 Å². The van der Waals surface area contributed by atoms with Crippen molar-refractivity contribution in [2.24, 2.45) is 0 Å². The number of nitrogen functional groups attached to an aromatic ring is 1. The lowest BCUT2D eigenvalue weighted by Gasteiger charge is -2.30. The second kappa shape index (κ2) is 6.64. The molecule has 1 saturated heterocycles. The van der Waals surface area contributed by atoms with E-state index in [-0.39, 0.29) is 5.97 Å². The second-order valence-corrected chi connectivity index (χ2v) is 5.38. The molecule has 0 bridgehead atoms. The Hall–Kier alpha value is -1.71. The van der Waals surface area contributed by atoms with E-state index in [2.05, 4.69) is 11.8 Å². The number of carbonyl (C=O) groups excluding carboxylic acids is 1. The fraction of sp³-hybridized carbons (Fsp3) is 0.562. The maximum Gasteiger partial charge on any atom is 0.340 e. The van der Waals surface area contributed by atoms with Crippen LogP contribution in [0.5, 0.6) is 0 Å². The molecule has 110 valence electrons. The normalized spacial score (nSPS) is 19.5. The minimum atomic E-state index is -0.339. The molecule has 1 fully saturated rings. The molecule has 1 atom stereocenters. The van der Waals surface area contributed by atoms with Gasteiger partial charge in [0.2, 0.25) is 0 Å². The molecule has 20 heavy (non-hydrogen) atoms. The SMILES string of the molecule is CCOC(=O)c1cc(N2CCCCCC2C)ccc1N. The largest absolute Gasteiger partial charge is 0.462 e. The molecule has 1 heterocycles. The van der Waals surface area contributed by atoms with Crippen molar-refractivity contribution in [3.05, 3.63) is 23.8 Å². The predicted molar refractivity (Wildman–Crippen MR) is 82.1 cm³/mol. The molecule has 1 unspecified atom stereocenters. The number of nitrogens with two attached hydrogens (primary N) is 1. The van der Waals surface area contributed by atoms with Gasteiger partial charge in [-0.1, -0.05) is 12.8 Å². The summed E-state index contributed by atoms with van der Waals surface area (Å²) in [7, 11) is 0. The summed E-state index contributed by atoms with van der Waals surface area (Å²) < 4.78 is 5.07. The molecular weight excluding hydrogens is 252 g/mol. The van der Waals surface area contributed by atoms with Crippen LogP contribution in [0.1, 0.15) is 49.9 Å². The minimum absolute atomic E-state index is 0.339. The monoisotopic (exact) mass is 276 g/mol. The molecule has 0 saturated carbocycles. The predicted octanol–water partition coefficient (Wildman–Crippen LogP) is 3.21. The van der Waals surface area contributed by atoms with Gasteiger partial charge in [-0.05, 0) is 44.9 Å². The molecule has 0 spiro atoms. The number of hydrogen-bond donors (Lipinski definition) is 1. The zero-order valence-corrected chi connectivity index (χ0v) is 12.4. The van der Waals surface area contributed by atoms with E-state index in [1.165, 1.54) is 25.7 Å². The number of esters is 1. The van der Waals surface area contributed by atoms with E-state index in [4.69, 9.17) is 10.5 Å². The zero-order valence-electron chi connectivity index (χ0n) is 12.4. The molecule has 0 aromatic heterocycles. The van der Waals surface area contributed by atoms with Crippen molar-refractivity contribution in [2.45, 2.75) is 45.6 Å². The number of hydrogen-bond acceptors (Lipinski definition) is 4. The molecule has 4 nitrogen and oxygen atoms in total. The van der Waals surface area contributed by atoms with Gasteiger partial charge in [-0.3, -0.25) is 0 Å². The molecule has 4 heteroatoms. The van der Waals surface area contributed by atoms with Crippen LogP contribution in [0.2, 0.25) is 0 Å². The Morgan fingerprint density at radius 3 is 2.95 bits per heavy atom. The van der Waals surface area contributed by atoms with Crippen LogP contribution in [-0.2, 0) is 4.74 Å². The Kier molecular flexibility index (Phi) is 4.88. The lowest BCUT2D eigenvalue weighted by Crippen LogP contribution is -2.32. The smallest absolute Gasteiger partial charge is 0.340 e. The van der Waals surface area contributed by atoms with E-state index in [0.29, 0.717) is 23.9 Å². The van der Waals surface area contributed by atoms with Crippen LogP contribution in [-0.4, -0.2) is 25.2 Å². The average Bonchev–Trinajstić information content (AvgIpc) is 2.64. The molecule has 2 rings (SSSR count). The maximum atomic E-state index is 11.9. The summed E-state index contributed by atoms with van der Waals surface area (Å²) in [6.07, 6.45) is 4.94. The maximum absolute atomic E-state index is 11.9. The summed E-state index contributed by atoms with van der Waals surface area (Å²) >= 11 is 0. The topological polar surface area (TPSA) is 55.6 Å². The molecule has 0 amide bonds. The van der Waals surface area contributed by atoms with Crippen molar-refractivity contribution in [2.75, 3.05) is 23.8 Å². The first kappa shape index (κ1) is 14.7. The summed E-state index contributed by atoms with van der Waals surface area (Å²) in [5, 5.41) is 0. The summed E-state index contributed by atoms with van der Waals surface area (Å²) in [5.74, 6) is -0.339. The van der Waals surface area contributed by atoms with Gasteiger partial charge in [0.1, 0.15) is 0 Å². The first-order chi connectivity index (χ1) is 9.63. The Labute approximate surface area is 120 Å². The Morgan fingerprint density at radius 1 is 1.40 bits per heavy atom. The Balaban J connectivity index is 2.27. The molecule has 1 aromatic rings. The van der Waals surface area contributed by atoms with E-state index in [1.54, 1.807) is 13.0 Å². The van der Waals surface area contributed by atoms with Crippen molar-refractivity contribution in [1.82, 2.24) is 0 Å². The van der Waals surface area contributed by atoms with Gasteiger partial charge in [-0.25, -0.2) is 4.79 Å². The average molecular weight is 276 g/mol. The van der Waals surface area contributed by atoms with Crippen LogP contribution >= 0.6 is 0 Å². The molecule has 1 aliphatic rings.